The Kier molecular flexibility index (Phi) is 8.81. The van der Waals surface area contributed by atoms with Crippen LogP contribution in [0.3, 0.4) is 0 Å². The van der Waals surface area contributed by atoms with Crippen LogP contribution in [0.15, 0.2) is 156 Å². The molecule has 7 aromatic carbocycles. The maximum atomic E-state index is 13.0. The summed E-state index contributed by atoms with van der Waals surface area (Å²) in [6, 6.07) is 42.1. The molecule has 7 aromatic rings. The van der Waals surface area contributed by atoms with E-state index in [2.05, 4.69) is 9.98 Å². The Morgan fingerprint density at radius 1 is 0.460 bits per heavy atom. The van der Waals surface area contributed by atoms with E-state index in [4.69, 9.17) is 9.47 Å². The summed E-state index contributed by atoms with van der Waals surface area (Å²) in [6.45, 7) is 0. The molecule has 7 rings (SSSR count). The summed E-state index contributed by atoms with van der Waals surface area (Å²) in [5.74, 6) is -0.501. The minimum atomic E-state index is -0.580. The number of hydrogen-bond acceptors (Lipinski definition) is 8. The van der Waals surface area contributed by atoms with Crippen molar-refractivity contribution in [1.82, 2.24) is 0 Å². The molecule has 2 N–H and O–H groups in total. The molecule has 0 aliphatic heterocycles. The van der Waals surface area contributed by atoms with Crippen LogP contribution in [0, 0.1) is 0 Å². The molecule has 0 radical (unpaired) electrons. The van der Waals surface area contributed by atoms with Crippen molar-refractivity contribution in [3.8, 4) is 23.0 Å². The van der Waals surface area contributed by atoms with Gasteiger partial charge in [-0.2, -0.15) is 0 Å². The number of phenols is 2. The number of aliphatic imine (C=N–C) groups is 2. The highest BCUT2D eigenvalue weighted by molar-refractivity contribution is 5.97. The van der Waals surface area contributed by atoms with Crippen molar-refractivity contribution in [2.45, 2.75) is 0 Å². The smallest absolute Gasteiger partial charge is 0.343 e. The van der Waals surface area contributed by atoms with Gasteiger partial charge in [0.2, 0.25) is 0 Å². The number of benzene rings is 7. The quantitative estimate of drug-likeness (QED) is 0.0956. The van der Waals surface area contributed by atoms with Crippen molar-refractivity contribution >= 4 is 57.3 Å². The third-order valence-electron chi connectivity index (χ3n) is 7.96. The molecule has 0 unspecified atom stereocenters. The Morgan fingerprint density at radius 3 is 1.30 bits per heavy atom. The highest BCUT2D eigenvalue weighted by Crippen LogP contribution is 2.30. The molecular weight excluding hydrogens is 628 g/mol. The van der Waals surface area contributed by atoms with E-state index in [-0.39, 0.29) is 22.6 Å². The van der Waals surface area contributed by atoms with Crippen molar-refractivity contribution in [3.05, 3.63) is 168 Å². The Hall–Kier alpha value is -7.06. The van der Waals surface area contributed by atoms with Crippen LogP contribution in [-0.4, -0.2) is 34.6 Å². The van der Waals surface area contributed by atoms with Crippen molar-refractivity contribution in [1.29, 1.82) is 0 Å². The zero-order valence-electron chi connectivity index (χ0n) is 26.4. The third-order valence-corrected chi connectivity index (χ3v) is 7.96. The van der Waals surface area contributed by atoms with Gasteiger partial charge < -0.3 is 19.7 Å². The first-order valence-corrected chi connectivity index (χ1v) is 15.6. The molecule has 0 bridgehead atoms. The lowest BCUT2D eigenvalue weighted by Gasteiger charge is -2.08. The monoisotopic (exact) mass is 656 g/mol. The first-order valence-electron chi connectivity index (χ1n) is 15.6. The van der Waals surface area contributed by atoms with Crippen LogP contribution < -0.4 is 9.47 Å². The van der Waals surface area contributed by atoms with Gasteiger partial charge in [0.05, 0.1) is 22.5 Å². The molecule has 0 aromatic heterocycles. The van der Waals surface area contributed by atoms with E-state index in [1.807, 2.05) is 60.7 Å². The number of ether oxygens (including phenoxy) is 2. The first kappa shape index (κ1) is 31.5. The van der Waals surface area contributed by atoms with Crippen LogP contribution in [0.5, 0.6) is 23.0 Å². The average Bonchev–Trinajstić information content (AvgIpc) is 3.14. The number of phenolic OH excluding ortho intramolecular Hbond substituents is 2. The van der Waals surface area contributed by atoms with Gasteiger partial charge in [-0.3, -0.25) is 9.98 Å². The Labute approximate surface area is 286 Å². The highest BCUT2D eigenvalue weighted by Gasteiger charge is 2.14. The second-order valence-electron chi connectivity index (χ2n) is 11.3. The predicted octanol–water partition coefficient (Wildman–Crippen LogP) is 9.34. The summed E-state index contributed by atoms with van der Waals surface area (Å²) in [7, 11) is 0. The number of nitrogens with zero attached hydrogens (tertiary/aromatic N) is 2. The second kappa shape index (κ2) is 14.0. The summed E-state index contributed by atoms with van der Waals surface area (Å²) >= 11 is 0. The van der Waals surface area contributed by atoms with E-state index < -0.39 is 11.9 Å². The maximum Gasteiger partial charge on any atom is 0.343 e. The van der Waals surface area contributed by atoms with Crippen molar-refractivity contribution in [2.75, 3.05) is 0 Å². The SMILES string of the molecule is O=C(Oc1ccc2ccccc2c1)c1ccc(O)c(C=Nc2ccccc2N=Cc2cc(C(=O)Oc3ccc4ccccc4c3)ccc2O)c1. The topological polar surface area (TPSA) is 118 Å². The van der Waals surface area contributed by atoms with Gasteiger partial charge in [-0.15, -0.1) is 0 Å². The fraction of sp³-hybridized carbons (Fsp3) is 0. The number of para-hydroxylation sites is 2. The van der Waals surface area contributed by atoms with E-state index in [1.165, 1.54) is 48.8 Å². The number of carbonyl (C=O) groups is 2. The largest absolute Gasteiger partial charge is 0.507 e. The molecule has 50 heavy (non-hydrogen) atoms. The van der Waals surface area contributed by atoms with Gasteiger partial charge >= 0.3 is 11.9 Å². The standard InChI is InChI=1S/C42H28N2O6/c45-39-19-15-31(41(47)49-35-17-13-27-7-1-3-9-29(27)23-35)21-33(39)25-43-37-11-5-6-12-38(37)44-26-34-22-32(16-20-40(34)46)42(48)50-36-18-14-28-8-2-4-10-30(28)24-36/h1-26,45-46H. The van der Waals surface area contributed by atoms with Crippen LogP contribution >= 0.6 is 0 Å². The van der Waals surface area contributed by atoms with Gasteiger partial charge in [0.15, 0.2) is 0 Å². The van der Waals surface area contributed by atoms with E-state index in [1.54, 1.807) is 48.5 Å². The van der Waals surface area contributed by atoms with Gasteiger partial charge in [0.25, 0.3) is 0 Å². The summed E-state index contributed by atoms with van der Waals surface area (Å²) < 4.78 is 11.2. The minimum Gasteiger partial charge on any atom is -0.507 e. The Balaban J connectivity index is 1.07. The molecule has 8 nitrogen and oxygen atoms in total. The molecule has 0 aliphatic carbocycles. The Morgan fingerprint density at radius 2 is 0.860 bits per heavy atom. The van der Waals surface area contributed by atoms with E-state index in [0.717, 1.165) is 21.5 Å². The highest BCUT2D eigenvalue weighted by atomic mass is 16.5. The van der Waals surface area contributed by atoms with Crippen LogP contribution in [0.2, 0.25) is 0 Å². The maximum absolute atomic E-state index is 13.0. The number of rotatable bonds is 8. The number of aromatic hydroxyl groups is 2. The lowest BCUT2D eigenvalue weighted by molar-refractivity contribution is 0.0725. The molecule has 242 valence electrons. The van der Waals surface area contributed by atoms with Crippen LogP contribution in [0.1, 0.15) is 31.8 Å². The van der Waals surface area contributed by atoms with Gasteiger partial charge in [0.1, 0.15) is 23.0 Å². The van der Waals surface area contributed by atoms with Crippen molar-refractivity contribution in [3.63, 3.8) is 0 Å². The summed E-state index contributed by atoms with van der Waals surface area (Å²) in [6.07, 6.45) is 2.86. The van der Waals surface area contributed by atoms with E-state index in [0.29, 0.717) is 34.0 Å². The predicted molar refractivity (Wildman–Crippen MR) is 195 cm³/mol. The van der Waals surface area contributed by atoms with Crippen LogP contribution in [-0.2, 0) is 0 Å². The number of esters is 2. The van der Waals surface area contributed by atoms with Gasteiger partial charge in [-0.05, 0) is 94.3 Å². The number of fused-ring (bicyclic) bond motifs is 2. The molecule has 0 saturated carbocycles. The fourth-order valence-electron chi connectivity index (χ4n) is 5.32. The van der Waals surface area contributed by atoms with Gasteiger partial charge in [-0.25, -0.2) is 9.59 Å². The summed E-state index contributed by atoms with van der Waals surface area (Å²) in [5.41, 5.74) is 1.98. The molecular formula is C42H28N2O6. The van der Waals surface area contributed by atoms with E-state index in [9.17, 15) is 19.8 Å². The molecule has 0 spiro atoms. The lowest BCUT2D eigenvalue weighted by Crippen LogP contribution is -2.09. The molecule has 0 fully saturated rings. The molecule has 0 aliphatic rings. The number of hydrogen-bond donors (Lipinski definition) is 2. The molecule has 0 saturated heterocycles. The minimum absolute atomic E-state index is 0.0747. The van der Waals surface area contributed by atoms with Gasteiger partial charge in [0, 0.05) is 23.6 Å². The molecule has 0 atom stereocenters. The fourth-order valence-corrected chi connectivity index (χ4v) is 5.32. The Bertz CT molecular complexity index is 2300. The molecule has 0 heterocycles. The third kappa shape index (κ3) is 7.10. The van der Waals surface area contributed by atoms with Crippen molar-refractivity contribution < 1.29 is 29.3 Å². The zero-order chi connectivity index (χ0) is 34.5. The summed E-state index contributed by atoms with van der Waals surface area (Å²) in [4.78, 5) is 35.0. The van der Waals surface area contributed by atoms with Crippen LogP contribution in [0.25, 0.3) is 21.5 Å². The van der Waals surface area contributed by atoms with Crippen molar-refractivity contribution in [2.24, 2.45) is 9.98 Å². The normalized spacial score (nSPS) is 11.4. The van der Waals surface area contributed by atoms with Gasteiger partial charge in [-0.1, -0.05) is 72.8 Å². The first-order chi connectivity index (χ1) is 24.4. The second-order valence-corrected chi connectivity index (χ2v) is 11.3. The average molecular weight is 657 g/mol. The van der Waals surface area contributed by atoms with Crippen LogP contribution in [0.4, 0.5) is 11.4 Å². The molecule has 0 amide bonds. The number of carbonyl (C=O) groups excluding carboxylic acids is 2. The summed E-state index contributed by atoms with van der Waals surface area (Å²) in [5, 5.41) is 25.0. The molecule has 8 heteroatoms. The van der Waals surface area contributed by atoms with E-state index >= 15 is 0 Å². The zero-order valence-corrected chi connectivity index (χ0v) is 26.4. The lowest BCUT2D eigenvalue weighted by atomic mass is 10.1.